The molecule has 0 aromatic rings. The van der Waals surface area contributed by atoms with Crippen molar-refractivity contribution in [3.63, 3.8) is 0 Å². The van der Waals surface area contributed by atoms with Gasteiger partial charge >= 0.3 is 0 Å². The highest BCUT2D eigenvalue weighted by Gasteiger charge is 2.22. The molecule has 2 N–H and O–H groups in total. The molecular weight excluding hydrogens is 172 g/mol. The predicted molar refractivity (Wildman–Crippen MR) is 60.4 cm³/mol. The number of hydrogen-bond donors (Lipinski definition) is 2. The highest BCUT2D eigenvalue weighted by molar-refractivity contribution is 4.80. The van der Waals surface area contributed by atoms with Crippen LogP contribution in [-0.2, 0) is 0 Å². The zero-order chi connectivity index (χ0) is 9.80. The van der Waals surface area contributed by atoms with Gasteiger partial charge in [0.05, 0.1) is 0 Å². The molecule has 0 aromatic heterocycles. The van der Waals surface area contributed by atoms with Crippen LogP contribution in [0.5, 0.6) is 0 Å². The fraction of sp³-hybridized carbons (Fsp3) is 1.00. The van der Waals surface area contributed by atoms with Crippen LogP contribution in [0.15, 0.2) is 0 Å². The van der Waals surface area contributed by atoms with E-state index in [9.17, 15) is 0 Å². The molecule has 1 saturated carbocycles. The van der Waals surface area contributed by atoms with E-state index in [1.807, 2.05) is 0 Å². The van der Waals surface area contributed by atoms with Gasteiger partial charge in [-0.1, -0.05) is 6.92 Å². The van der Waals surface area contributed by atoms with Crippen LogP contribution in [0.25, 0.3) is 0 Å². The van der Waals surface area contributed by atoms with E-state index in [1.54, 1.807) is 0 Å². The van der Waals surface area contributed by atoms with Gasteiger partial charge in [-0.05, 0) is 63.6 Å². The average Bonchev–Trinajstić information content (AvgIpc) is 2.63. The molecule has 0 spiro atoms. The van der Waals surface area contributed by atoms with Crippen molar-refractivity contribution in [3.05, 3.63) is 0 Å². The van der Waals surface area contributed by atoms with Gasteiger partial charge in [-0.25, -0.2) is 0 Å². The molecule has 0 bridgehead atoms. The highest BCUT2D eigenvalue weighted by atomic mass is 14.9. The summed E-state index contributed by atoms with van der Waals surface area (Å²) in [5.41, 5.74) is 0. The molecule has 1 heterocycles. The van der Waals surface area contributed by atoms with Gasteiger partial charge in [0, 0.05) is 6.04 Å². The number of piperidine rings is 1. The summed E-state index contributed by atoms with van der Waals surface area (Å²) in [6.45, 7) is 6.08. The first-order chi connectivity index (χ1) is 6.84. The standard InChI is InChI=1S/C12H24N2/c1-10-4-5-12(7-10)14-9-11-3-2-6-13-8-11/h10-14H,2-9H2,1H3/t10?,11-,12?/m1/s1. The van der Waals surface area contributed by atoms with Gasteiger partial charge in [-0.2, -0.15) is 0 Å². The molecule has 14 heavy (non-hydrogen) atoms. The Morgan fingerprint density at radius 1 is 1.29 bits per heavy atom. The summed E-state index contributed by atoms with van der Waals surface area (Å²) in [5.74, 6) is 1.84. The van der Waals surface area contributed by atoms with E-state index in [-0.39, 0.29) is 0 Å². The third-order valence-electron chi connectivity index (χ3n) is 3.79. The quantitative estimate of drug-likeness (QED) is 0.719. The SMILES string of the molecule is CC1CCC(NC[C@@H]2CCCNC2)C1. The Hall–Kier alpha value is -0.0800. The Kier molecular flexibility index (Phi) is 3.82. The fourth-order valence-electron chi connectivity index (χ4n) is 2.82. The maximum absolute atomic E-state index is 3.74. The second kappa shape index (κ2) is 5.13. The lowest BCUT2D eigenvalue weighted by Gasteiger charge is -2.24. The molecule has 0 amide bonds. The summed E-state index contributed by atoms with van der Waals surface area (Å²) in [4.78, 5) is 0. The zero-order valence-electron chi connectivity index (χ0n) is 9.39. The van der Waals surface area contributed by atoms with E-state index < -0.39 is 0 Å². The maximum atomic E-state index is 3.74. The minimum atomic E-state index is 0.826. The third-order valence-corrected chi connectivity index (χ3v) is 3.79. The van der Waals surface area contributed by atoms with E-state index in [4.69, 9.17) is 0 Å². The first-order valence-corrected chi connectivity index (χ1v) is 6.28. The van der Waals surface area contributed by atoms with Crippen LogP contribution in [-0.4, -0.2) is 25.7 Å². The molecule has 2 aliphatic rings. The van der Waals surface area contributed by atoms with Gasteiger partial charge in [0.1, 0.15) is 0 Å². The first-order valence-electron chi connectivity index (χ1n) is 6.28. The monoisotopic (exact) mass is 196 g/mol. The van der Waals surface area contributed by atoms with Gasteiger partial charge in [0.25, 0.3) is 0 Å². The summed E-state index contributed by atoms with van der Waals surface area (Å²) in [6, 6.07) is 0.826. The third kappa shape index (κ3) is 2.96. The van der Waals surface area contributed by atoms with Crippen molar-refractivity contribution in [2.24, 2.45) is 11.8 Å². The number of hydrogen-bond acceptors (Lipinski definition) is 2. The fourth-order valence-corrected chi connectivity index (χ4v) is 2.82. The summed E-state index contributed by atoms with van der Waals surface area (Å²) >= 11 is 0. The molecule has 1 aliphatic heterocycles. The van der Waals surface area contributed by atoms with Gasteiger partial charge in [-0.3, -0.25) is 0 Å². The Morgan fingerprint density at radius 3 is 2.86 bits per heavy atom. The molecular formula is C12H24N2. The van der Waals surface area contributed by atoms with Crippen molar-refractivity contribution in [2.75, 3.05) is 19.6 Å². The van der Waals surface area contributed by atoms with Crippen molar-refractivity contribution < 1.29 is 0 Å². The minimum absolute atomic E-state index is 0.826. The van der Waals surface area contributed by atoms with Crippen molar-refractivity contribution in [1.29, 1.82) is 0 Å². The Morgan fingerprint density at radius 2 is 2.21 bits per heavy atom. The summed E-state index contributed by atoms with van der Waals surface area (Å²) in [7, 11) is 0. The first kappa shape index (κ1) is 10.4. The Labute approximate surface area is 87.8 Å². The molecule has 3 atom stereocenters. The summed E-state index contributed by atoms with van der Waals surface area (Å²) in [5, 5.41) is 7.22. The minimum Gasteiger partial charge on any atom is -0.316 e. The molecule has 2 nitrogen and oxygen atoms in total. The van der Waals surface area contributed by atoms with Crippen LogP contribution in [0.4, 0.5) is 0 Å². The molecule has 1 saturated heterocycles. The van der Waals surface area contributed by atoms with Gasteiger partial charge in [0.2, 0.25) is 0 Å². The summed E-state index contributed by atoms with van der Waals surface area (Å²) < 4.78 is 0. The number of nitrogens with one attached hydrogen (secondary N) is 2. The largest absolute Gasteiger partial charge is 0.316 e. The van der Waals surface area contributed by atoms with Gasteiger partial charge in [-0.15, -0.1) is 0 Å². The maximum Gasteiger partial charge on any atom is 0.00698 e. The van der Waals surface area contributed by atoms with Crippen LogP contribution in [0, 0.1) is 11.8 Å². The van der Waals surface area contributed by atoms with Crippen LogP contribution in [0.2, 0.25) is 0 Å². The van der Waals surface area contributed by atoms with E-state index in [1.165, 1.54) is 51.7 Å². The molecule has 0 aromatic carbocycles. The lowest BCUT2D eigenvalue weighted by Crippen LogP contribution is -2.39. The smallest absolute Gasteiger partial charge is 0.00698 e. The second-order valence-electron chi connectivity index (χ2n) is 5.24. The van der Waals surface area contributed by atoms with Crippen LogP contribution in [0.1, 0.15) is 39.0 Å². The zero-order valence-corrected chi connectivity index (χ0v) is 9.39. The molecule has 2 unspecified atom stereocenters. The van der Waals surface area contributed by atoms with Crippen LogP contribution in [0.3, 0.4) is 0 Å². The van der Waals surface area contributed by atoms with Crippen molar-refractivity contribution in [1.82, 2.24) is 10.6 Å². The average molecular weight is 196 g/mol. The molecule has 1 aliphatic carbocycles. The van der Waals surface area contributed by atoms with Crippen molar-refractivity contribution in [2.45, 2.75) is 45.1 Å². The highest BCUT2D eigenvalue weighted by Crippen LogP contribution is 2.24. The molecule has 2 fully saturated rings. The van der Waals surface area contributed by atoms with E-state index in [0.29, 0.717) is 0 Å². The van der Waals surface area contributed by atoms with Crippen LogP contribution < -0.4 is 10.6 Å². The summed E-state index contributed by atoms with van der Waals surface area (Å²) in [6.07, 6.45) is 7.03. The van der Waals surface area contributed by atoms with E-state index in [2.05, 4.69) is 17.6 Å². The van der Waals surface area contributed by atoms with Crippen molar-refractivity contribution in [3.8, 4) is 0 Å². The predicted octanol–water partition coefficient (Wildman–Crippen LogP) is 1.76. The lowest BCUT2D eigenvalue weighted by atomic mass is 9.99. The normalized spacial score (nSPS) is 38.8. The molecule has 2 heteroatoms. The lowest BCUT2D eigenvalue weighted by molar-refractivity contribution is 0.341. The molecule has 2 rings (SSSR count). The second-order valence-corrected chi connectivity index (χ2v) is 5.24. The van der Waals surface area contributed by atoms with E-state index >= 15 is 0 Å². The number of rotatable bonds is 3. The Balaban J connectivity index is 1.61. The van der Waals surface area contributed by atoms with Gasteiger partial charge in [0.15, 0.2) is 0 Å². The topological polar surface area (TPSA) is 24.1 Å². The Bertz CT molecular complexity index is 159. The van der Waals surface area contributed by atoms with E-state index in [0.717, 1.165) is 17.9 Å². The van der Waals surface area contributed by atoms with Gasteiger partial charge < -0.3 is 10.6 Å². The molecule has 82 valence electrons. The van der Waals surface area contributed by atoms with Crippen molar-refractivity contribution >= 4 is 0 Å². The van der Waals surface area contributed by atoms with Crippen LogP contribution >= 0.6 is 0 Å². The molecule has 0 radical (unpaired) electrons.